The second-order valence-electron chi connectivity index (χ2n) is 8.71. The van der Waals surface area contributed by atoms with Gasteiger partial charge in [0.25, 0.3) is 5.78 Å². The van der Waals surface area contributed by atoms with Crippen LogP contribution in [0.4, 0.5) is 5.13 Å². The lowest BCUT2D eigenvalue weighted by Crippen LogP contribution is -2.29. The highest BCUT2D eigenvalue weighted by Crippen LogP contribution is 2.45. The molecule has 39 heavy (non-hydrogen) atoms. The number of aliphatic hydroxyl groups is 1. The summed E-state index contributed by atoms with van der Waals surface area (Å²) in [6, 6.07) is 20.7. The maximum Gasteiger partial charge on any atom is 0.301 e. The van der Waals surface area contributed by atoms with Crippen molar-refractivity contribution in [1.82, 2.24) is 10.2 Å². The highest BCUT2D eigenvalue weighted by Gasteiger charge is 2.48. The Balaban J connectivity index is 1.40. The second kappa shape index (κ2) is 10.7. The zero-order valence-corrected chi connectivity index (χ0v) is 22.6. The highest BCUT2D eigenvalue weighted by molar-refractivity contribution is 8.00. The van der Waals surface area contributed by atoms with Crippen LogP contribution in [0.15, 0.2) is 82.7 Å². The minimum atomic E-state index is -0.961. The predicted molar refractivity (Wildman–Crippen MR) is 150 cm³/mol. The number of benzene rings is 3. The number of anilines is 1. The lowest BCUT2D eigenvalue weighted by Gasteiger charge is -2.23. The quantitative estimate of drug-likeness (QED) is 0.0996. The Morgan fingerprint density at radius 2 is 1.79 bits per heavy atom. The van der Waals surface area contributed by atoms with Crippen molar-refractivity contribution in [1.29, 1.82) is 0 Å². The number of hydrogen-bond donors (Lipinski definition) is 1. The van der Waals surface area contributed by atoms with Crippen molar-refractivity contribution in [3.05, 3.63) is 100 Å². The first-order chi connectivity index (χ1) is 19.0. The van der Waals surface area contributed by atoms with E-state index in [2.05, 4.69) is 10.2 Å². The SMILES string of the molecule is O=C1C(=O)N(c2nnc(SCc3ccccc3)s2)[C@@H](c2cccc(Cl)c2)C1=C(O)c1ccc2c(c1)OCCO2. The first kappa shape index (κ1) is 25.4. The van der Waals surface area contributed by atoms with Gasteiger partial charge in [0.15, 0.2) is 15.8 Å². The third kappa shape index (κ3) is 4.98. The number of hydrogen-bond acceptors (Lipinski definition) is 9. The van der Waals surface area contributed by atoms with Gasteiger partial charge in [0.05, 0.1) is 11.6 Å². The molecule has 0 radical (unpaired) electrons. The first-order valence-corrected chi connectivity index (χ1v) is 14.1. The van der Waals surface area contributed by atoms with Crippen LogP contribution in [0.1, 0.15) is 22.7 Å². The molecule has 2 aliphatic heterocycles. The number of aliphatic hydroxyl groups excluding tert-OH is 1. The van der Waals surface area contributed by atoms with Gasteiger partial charge in [-0.1, -0.05) is 77.2 Å². The molecule has 8 nitrogen and oxygen atoms in total. The monoisotopic (exact) mass is 577 g/mol. The Morgan fingerprint density at radius 3 is 2.59 bits per heavy atom. The number of ether oxygens (including phenoxy) is 2. The molecule has 1 saturated heterocycles. The predicted octanol–water partition coefficient (Wildman–Crippen LogP) is 5.88. The van der Waals surface area contributed by atoms with Crippen molar-refractivity contribution in [3.63, 3.8) is 0 Å². The van der Waals surface area contributed by atoms with E-state index in [-0.39, 0.29) is 16.5 Å². The molecule has 1 amide bonds. The van der Waals surface area contributed by atoms with E-state index >= 15 is 0 Å². The molecule has 0 aliphatic carbocycles. The Kier molecular flexibility index (Phi) is 6.99. The van der Waals surface area contributed by atoms with Gasteiger partial charge in [-0.25, -0.2) is 0 Å². The Labute approximate surface area is 236 Å². The number of ketones is 1. The molecule has 1 aromatic heterocycles. The minimum absolute atomic E-state index is 0.0763. The summed E-state index contributed by atoms with van der Waals surface area (Å²) in [7, 11) is 0. The van der Waals surface area contributed by atoms with E-state index in [1.807, 2.05) is 30.3 Å². The van der Waals surface area contributed by atoms with E-state index in [1.54, 1.807) is 42.5 Å². The minimum Gasteiger partial charge on any atom is -0.507 e. The zero-order chi connectivity index (χ0) is 26.9. The van der Waals surface area contributed by atoms with Crippen LogP contribution in [0, 0.1) is 0 Å². The number of Topliss-reactive ketones (excluding diaryl/α,β-unsaturated/α-hetero) is 1. The van der Waals surface area contributed by atoms with Crippen LogP contribution in [-0.2, 0) is 15.3 Å². The summed E-state index contributed by atoms with van der Waals surface area (Å²) in [5, 5.41) is 20.6. The summed E-state index contributed by atoms with van der Waals surface area (Å²) in [5.41, 5.74) is 1.92. The van der Waals surface area contributed by atoms with Crippen LogP contribution in [0.5, 0.6) is 11.5 Å². The molecule has 3 heterocycles. The van der Waals surface area contributed by atoms with Gasteiger partial charge in [-0.05, 0) is 41.5 Å². The molecule has 1 atom stereocenters. The summed E-state index contributed by atoms with van der Waals surface area (Å²) in [6.45, 7) is 0.789. The molecule has 11 heteroatoms. The molecule has 0 saturated carbocycles. The summed E-state index contributed by atoms with van der Waals surface area (Å²) in [5.74, 6) is -0.310. The number of fused-ring (bicyclic) bond motifs is 1. The Hall–Kier alpha value is -3.86. The van der Waals surface area contributed by atoms with Crippen molar-refractivity contribution >= 4 is 57.3 Å². The molecule has 6 rings (SSSR count). The molecule has 3 aromatic carbocycles. The average molecular weight is 578 g/mol. The van der Waals surface area contributed by atoms with E-state index in [0.29, 0.717) is 51.0 Å². The fourth-order valence-corrected chi connectivity index (χ4v) is 6.47. The molecule has 0 unspecified atom stereocenters. The molecule has 0 bridgehead atoms. The fourth-order valence-electron chi connectivity index (χ4n) is 4.45. The fraction of sp³-hybridized carbons (Fsp3) is 0.143. The van der Waals surface area contributed by atoms with Crippen molar-refractivity contribution in [2.24, 2.45) is 0 Å². The first-order valence-electron chi connectivity index (χ1n) is 12.0. The number of halogens is 1. The van der Waals surface area contributed by atoms with Gasteiger partial charge in [-0.15, -0.1) is 10.2 Å². The van der Waals surface area contributed by atoms with Crippen LogP contribution in [0.25, 0.3) is 5.76 Å². The highest BCUT2D eigenvalue weighted by atomic mass is 35.5. The average Bonchev–Trinajstić information content (AvgIpc) is 3.53. The number of carbonyl (C=O) groups excluding carboxylic acids is 2. The van der Waals surface area contributed by atoms with Crippen molar-refractivity contribution in [2.45, 2.75) is 16.1 Å². The molecule has 1 N–H and O–H groups in total. The normalized spacial score (nSPS) is 18.0. The molecule has 0 spiro atoms. The summed E-state index contributed by atoms with van der Waals surface area (Å²) >= 11 is 8.98. The van der Waals surface area contributed by atoms with Crippen LogP contribution in [-0.4, -0.2) is 40.2 Å². The molecule has 2 aliphatic rings. The van der Waals surface area contributed by atoms with Gasteiger partial charge in [0, 0.05) is 16.3 Å². The van der Waals surface area contributed by atoms with Gasteiger partial charge in [0.2, 0.25) is 5.13 Å². The summed E-state index contributed by atoms with van der Waals surface area (Å²) in [6.07, 6.45) is 0. The van der Waals surface area contributed by atoms with Crippen LogP contribution >= 0.6 is 34.7 Å². The van der Waals surface area contributed by atoms with Gasteiger partial charge in [0.1, 0.15) is 19.0 Å². The molecular weight excluding hydrogens is 558 g/mol. The topological polar surface area (TPSA) is 102 Å². The van der Waals surface area contributed by atoms with E-state index in [0.717, 1.165) is 5.56 Å². The molecule has 1 fully saturated rings. The Bertz CT molecular complexity index is 1610. The van der Waals surface area contributed by atoms with E-state index in [4.69, 9.17) is 21.1 Å². The van der Waals surface area contributed by atoms with Gasteiger partial charge < -0.3 is 14.6 Å². The van der Waals surface area contributed by atoms with Gasteiger partial charge in [-0.2, -0.15) is 0 Å². The molecule has 4 aromatic rings. The number of carbonyl (C=O) groups is 2. The third-order valence-electron chi connectivity index (χ3n) is 6.23. The number of thioether (sulfide) groups is 1. The largest absolute Gasteiger partial charge is 0.507 e. The molecular formula is C28H20ClN3O5S2. The summed E-state index contributed by atoms with van der Waals surface area (Å²) in [4.78, 5) is 28.1. The van der Waals surface area contributed by atoms with Crippen LogP contribution < -0.4 is 14.4 Å². The smallest absolute Gasteiger partial charge is 0.301 e. The van der Waals surface area contributed by atoms with Crippen LogP contribution in [0.2, 0.25) is 5.02 Å². The third-order valence-corrected chi connectivity index (χ3v) is 8.59. The lowest BCUT2D eigenvalue weighted by atomic mass is 9.95. The van der Waals surface area contributed by atoms with Crippen molar-refractivity contribution in [3.8, 4) is 11.5 Å². The van der Waals surface area contributed by atoms with E-state index in [1.165, 1.54) is 28.0 Å². The molecule has 196 valence electrons. The van der Waals surface area contributed by atoms with Crippen molar-refractivity contribution < 1.29 is 24.2 Å². The summed E-state index contributed by atoms with van der Waals surface area (Å²) < 4.78 is 11.9. The van der Waals surface area contributed by atoms with Crippen molar-refractivity contribution in [2.75, 3.05) is 18.1 Å². The lowest BCUT2D eigenvalue weighted by molar-refractivity contribution is -0.132. The second-order valence-corrected chi connectivity index (χ2v) is 11.3. The number of nitrogens with zero attached hydrogens (tertiary/aromatic N) is 3. The number of rotatable bonds is 6. The zero-order valence-electron chi connectivity index (χ0n) is 20.2. The maximum absolute atomic E-state index is 13.4. The Morgan fingerprint density at radius 1 is 1.00 bits per heavy atom. The number of aromatic nitrogens is 2. The van der Waals surface area contributed by atoms with E-state index < -0.39 is 17.7 Å². The van der Waals surface area contributed by atoms with Gasteiger partial charge in [-0.3, -0.25) is 14.5 Å². The maximum atomic E-state index is 13.4. The standard InChI is InChI=1S/C28H20ClN3O5S2/c29-19-8-4-7-17(13-19)23-22(24(33)18-9-10-20-21(14-18)37-12-11-36-20)25(34)26(35)32(23)27-30-31-28(39-27)38-15-16-5-2-1-3-6-16/h1-10,13-14,23,33H,11-12,15H2/t23-/m0/s1. The number of amides is 1. The van der Waals surface area contributed by atoms with E-state index in [9.17, 15) is 14.7 Å². The van der Waals surface area contributed by atoms with Gasteiger partial charge >= 0.3 is 5.91 Å². The van der Waals surface area contributed by atoms with Crippen LogP contribution in [0.3, 0.4) is 0 Å².